The van der Waals surface area contributed by atoms with Crippen molar-refractivity contribution < 1.29 is 13.9 Å². The van der Waals surface area contributed by atoms with E-state index in [2.05, 4.69) is 21.5 Å². The van der Waals surface area contributed by atoms with E-state index < -0.39 is 11.8 Å². The molecule has 0 saturated carbocycles. The molecule has 2 aliphatic rings. The van der Waals surface area contributed by atoms with Crippen LogP contribution >= 0.6 is 0 Å². The summed E-state index contributed by atoms with van der Waals surface area (Å²) in [5, 5.41) is 10.9. The van der Waals surface area contributed by atoms with Crippen LogP contribution in [0.15, 0.2) is 28.4 Å². The normalized spacial score (nSPS) is 20.1. The minimum absolute atomic E-state index is 0.160. The third-order valence-corrected chi connectivity index (χ3v) is 4.14. The summed E-state index contributed by atoms with van der Waals surface area (Å²) < 4.78 is 18.8. The molecule has 0 radical (unpaired) electrons. The summed E-state index contributed by atoms with van der Waals surface area (Å²) in [7, 11) is 0. The molecule has 1 aromatic carbocycles. The Morgan fingerprint density at radius 2 is 2.30 bits per heavy atom. The molecule has 1 atom stereocenters. The zero-order valence-corrected chi connectivity index (χ0v) is 12.7. The van der Waals surface area contributed by atoms with Crippen LogP contribution in [0.4, 0.5) is 4.39 Å². The van der Waals surface area contributed by atoms with Gasteiger partial charge in [0.1, 0.15) is 11.6 Å². The van der Waals surface area contributed by atoms with Crippen molar-refractivity contribution in [3.8, 4) is 18.1 Å². The quantitative estimate of drug-likeness (QED) is 0.820. The zero-order valence-electron chi connectivity index (χ0n) is 12.7. The van der Waals surface area contributed by atoms with Crippen LogP contribution in [0, 0.1) is 18.2 Å². The first-order chi connectivity index (χ1) is 11.1. The van der Waals surface area contributed by atoms with Crippen molar-refractivity contribution in [1.29, 1.82) is 0 Å². The van der Waals surface area contributed by atoms with Crippen molar-refractivity contribution in [3.05, 3.63) is 29.6 Å². The molecule has 0 saturated heterocycles. The van der Waals surface area contributed by atoms with Gasteiger partial charge in [0, 0.05) is 25.8 Å². The highest BCUT2D eigenvalue weighted by Crippen LogP contribution is 2.36. The summed E-state index contributed by atoms with van der Waals surface area (Å²) in [4.78, 5) is 12.2. The lowest BCUT2D eigenvalue weighted by molar-refractivity contribution is -0.128. The van der Waals surface area contributed by atoms with Gasteiger partial charge in [-0.05, 0) is 36.6 Å². The van der Waals surface area contributed by atoms with E-state index in [1.807, 2.05) is 0 Å². The lowest BCUT2D eigenvalue weighted by Crippen LogP contribution is -2.41. The predicted molar refractivity (Wildman–Crippen MR) is 82.4 cm³/mol. The molecule has 0 aliphatic carbocycles. The van der Waals surface area contributed by atoms with Crippen LogP contribution < -0.4 is 10.1 Å². The van der Waals surface area contributed by atoms with Crippen LogP contribution in [0.5, 0.6) is 5.75 Å². The second-order valence-electron chi connectivity index (χ2n) is 5.82. The Labute approximate surface area is 134 Å². The summed E-state index contributed by atoms with van der Waals surface area (Å²) in [5.41, 5.74) is 0.412. The average molecular weight is 315 g/mol. The van der Waals surface area contributed by atoms with Crippen LogP contribution in [-0.2, 0) is 11.2 Å². The summed E-state index contributed by atoms with van der Waals surface area (Å²) >= 11 is 0. The first-order valence-corrected chi connectivity index (χ1v) is 7.72. The molecular weight excluding hydrogens is 297 g/mol. The van der Waals surface area contributed by atoms with Gasteiger partial charge in [0.05, 0.1) is 0 Å². The van der Waals surface area contributed by atoms with Crippen molar-refractivity contribution in [1.82, 2.24) is 5.32 Å². The van der Waals surface area contributed by atoms with Gasteiger partial charge in [-0.2, -0.15) is 10.2 Å². The summed E-state index contributed by atoms with van der Waals surface area (Å²) in [6, 6.07) is 4.36. The number of carbonyl (C=O) groups excluding carboxylic acids is 1. The third-order valence-electron chi connectivity index (χ3n) is 4.14. The SMILES string of the molecule is C#CCCC1(CCNC(=O)C2CCc3cc(F)ccc3O2)N=N1. The minimum atomic E-state index is -0.539. The van der Waals surface area contributed by atoms with Crippen LogP contribution in [0.1, 0.15) is 31.2 Å². The van der Waals surface area contributed by atoms with E-state index >= 15 is 0 Å². The molecule has 5 nitrogen and oxygen atoms in total. The molecule has 1 N–H and O–H groups in total. The average Bonchev–Trinajstić information content (AvgIpc) is 3.32. The molecule has 1 aromatic rings. The number of ether oxygens (including phenoxy) is 1. The summed E-state index contributed by atoms with van der Waals surface area (Å²) in [5.74, 6) is 2.71. The molecule has 23 heavy (non-hydrogen) atoms. The van der Waals surface area contributed by atoms with E-state index in [0.29, 0.717) is 38.0 Å². The van der Waals surface area contributed by atoms with Gasteiger partial charge in [-0.3, -0.25) is 4.79 Å². The Balaban J connectivity index is 1.46. The molecule has 0 bridgehead atoms. The Morgan fingerprint density at radius 1 is 1.48 bits per heavy atom. The monoisotopic (exact) mass is 315 g/mol. The van der Waals surface area contributed by atoms with Crippen LogP contribution in [-0.4, -0.2) is 24.2 Å². The predicted octanol–water partition coefficient (Wildman–Crippen LogP) is 2.60. The molecule has 0 aromatic heterocycles. The van der Waals surface area contributed by atoms with Gasteiger partial charge in [-0.25, -0.2) is 4.39 Å². The first-order valence-electron chi connectivity index (χ1n) is 7.72. The fourth-order valence-electron chi connectivity index (χ4n) is 2.71. The zero-order chi connectivity index (χ0) is 16.3. The van der Waals surface area contributed by atoms with Gasteiger partial charge >= 0.3 is 0 Å². The highest BCUT2D eigenvalue weighted by atomic mass is 19.1. The molecular formula is C17H18FN3O2. The van der Waals surface area contributed by atoms with Gasteiger partial charge in [0.15, 0.2) is 11.8 Å². The molecule has 1 amide bonds. The fourth-order valence-corrected chi connectivity index (χ4v) is 2.71. The maximum Gasteiger partial charge on any atom is 0.261 e. The smallest absolute Gasteiger partial charge is 0.261 e. The van der Waals surface area contributed by atoms with Crippen LogP contribution in [0.2, 0.25) is 0 Å². The number of halogens is 1. The van der Waals surface area contributed by atoms with Crippen molar-refractivity contribution in [2.24, 2.45) is 10.2 Å². The summed E-state index contributed by atoms with van der Waals surface area (Å²) in [6.07, 6.45) is 7.87. The van der Waals surface area contributed by atoms with E-state index in [4.69, 9.17) is 11.2 Å². The van der Waals surface area contributed by atoms with Crippen molar-refractivity contribution in [3.63, 3.8) is 0 Å². The largest absolute Gasteiger partial charge is 0.480 e. The van der Waals surface area contributed by atoms with E-state index in [0.717, 1.165) is 12.0 Å². The highest BCUT2D eigenvalue weighted by Gasteiger charge is 2.39. The van der Waals surface area contributed by atoms with Gasteiger partial charge in [0.2, 0.25) is 0 Å². The number of aryl methyl sites for hydroxylation is 1. The number of fused-ring (bicyclic) bond motifs is 1. The molecule has 2 heterocycles. The Hall–Kier alpha value is -2.42. The molecule has 0 fully saturated rings. The number of amides is 1. The van der Waals surface area contributed by atoms with Crippen molar-refractivity contribution >= 4 is 5.91 Å². The topological polar surface area (TPSA) is 63.0 Å². The third kappa shape index (κ3) is 3.67. The Morgan fingerprint density at radius 3 is 3.04 bits per heavy atom. The van der Waals surface area contributed by atoms with Gasteiger partial charge in [-0.15, -0.1) is 12.3 Å². The number of hydrogen-bond acceptors (Lipinski definition) is 4. The summed E-state index contributed by atoms with van der Waals surface area (Å²) in [6.45, 7) is 0.479. The Bertz CT molecular complexity index is 675. The highest BCUT2D eigenvalue weighted by molar-refractivity contribution is 5.81. The second kappa shape index (κ2) is 6.37. The number of carbonyl (C=O) groups is 1. The lowest BCUT2D eigenvalue weighted by atomic mass is 10.0. The maximum absolute atomic E-state index is 13.2. The lowest BCUT2D eigenvalue weighted by Gasteiger charge is -2.25. The Kier molecular flexibility index (Phi) is 4.28. The second-order valence-corrected chi connectivity index (χ2v) is 5.82. The van der Waals surface area contributed by atoms with Crippen LogP contribution in [0.25, 0.3) is 0 Å². The molecule has 0 spiro atoms. The van der Waals surface area contributed by atoms with E-state index in [-0.39, 0.29) is 11.7 Å². The number of terminal acetylenes is 1. The molecule has 1 unspecified atom stereocenters. The van der Waals surface area contributed by atoms with E-state index in [9.17, 15) is 9.18 Å². The van der Waals surface area contributed by atoms with Crippen molar-refractivity contribution in [2.45, 2.75) is 43.9 Å². The maximum atomic E-state index is 13.2. The first kappa shape index (κ1) is 15.5. The van der Waals surface area contributed by atoms with Crippen molar-refractivity contribution in [2.75, 3.05) is 6.54 Å². The number of hydrogen-bond donors (Lipinski definition) is 1. The molecule has 2 aliphatic heterocycles. The number of nitrogens with zero attached hydrogens (tertiary/aromatic N) is 2. The standard InChI is InChI=1S/C17H18FN3O2/c1-2-3-8-17(20-21-17)9-10-19-16(22)15-6-4-12-11-13(18)5-7-14(12)23-15/h1,5,7,11,15H,3-4,6,8-10H2,(H,19,22). The van der Waals surface area contributed by atoms with Gasteiger partial charge in [0.25, 0.3) is 5.91 Å². The fraction of sp³-hybridized carbons (Fsp3) is 0.471. The van der Waals surface area contributed by atoms with E-state index in [1.165, 1.54) is 12.1 Å². The minimum Gasteiger partial charge on any atom is -0.480 e. The van der Waals surface area contributed by atoms with E-state index in [1.54, 1.807) is 6.07 Å². The van der Waals surface area contributed by atoms with Crippen LogP contribution in [0.3, 0.4) is 0 Å². The number of nitrogens with one attached hydrogen (secondary N) is 1. The number of rotatable bonds is 6. The number of benzene rings is 1. The molecule has 3 rings (SSSR count). The van der Waals surface area contributed by atoms with Gasteiger partial charge < -0.3 is 10.1 Å². The molecule has 120 valence electrons. The molecule has 6 heteroatoms. The van der Waals surface area contributed by atoms with Gasteiger partial charge in [-0.1, -0.05) is 0 Å².